The van der Waals surface area contributed by atoms with E-state index < -0.39 is 5.79 Å². The third-order valence-electron chi connectivity index (χ3n) is 6.49. The number of aromatic nitrogens is 4. The number of aliphatic hydroxyl groups is 2. The van der Waals surface area contributed by atoms with E-state index in [1.807, 2.05) is 31.2 Å². The fourth-order valence-corrected chi connectivity index (χ4v) is 3.87. The van der Waals surface area contributed by atoms with Crippen molar-refractivity contribution in [2.45, 2.75) is 66.2 Å². The molecule has 10 nitrogen and oxygen atoms in total. The van der Waals surface area contributed by atoms with Crippen LogP contribution in [0.25, 0.3) is 22.3 Å². The Hall–Kier alpha value is -3.60. The number of anilines is 2. The minimum Gasteiger partial charge on any atom is -0.454 e. The van der Waals surface area contributed by atoms with Crippen LogP contribution in [0.4, 0.5) is 11.8 Å². The van der Waals surface area contributed by atoms with Gasteiger partial charge in [-0.2, -0.15) is 4.98 Å². The van der Waals surface area contributed by atoms with Crippen molar-refractivity contribution in [1.29, 1.82) is 0 Å². The van der Waals surface area contributed by atoms with Crippen LogP contribution in [0.1, 0.15) is 57.6 Å². The topological polar surface area (TPSA) is 138 Å². The molecule has 0 fully saturated rings. The van der Waals surface area contributed by atoms with E-state index in [0.29, 0.717) is 30.6 Å². The van der Waals surface area contributed by atoms with Crippen LogP contribution in [0.2, 0.25) is 0 Å². The third kappa shape index (κ3) is 8.97. The Morgan fingerprint density at radius 1 is 1.07 bits per heavy atom. The van der Waals surface area contributed by atoms with E-state index in [4.69, 9.17) is 19.5 Å². The molecule has 0 aliphatic rings. The Morgan fingerprint density at radius 2 is 1.85 bits per heavy atom. The summed E-state index contributed by atoms with van der Waals surface area (Å²) >= 11 is 0. The largest absolute Gasteiger partial charge is 0.454 e. The van der Waals surface area contributed by atoms with Gasteiger partial charge in [0.2, 0.25) is 5.95 Å². The molecule has 0 aliphatic carbocycles. The maximum absolute atomic E-state index is 9.56. The standard InChI is InChI=1S/C26H32N6O2.C4H10O2/c1-4-18(16-33)9-11-28-25-24(22-13-19-12-20(5-2)29-15-23(19)34-22)17(3)31-26(32-25)30-14-21-8-6-7-10-27-21;1-4(2,5)6-3/h6-8,10,12-13,15,18,33H,4-5,9,11,14,16H2,1-3H3,(H2,28,30,31,32);5H,1-3H3. The monoisotopic (exact) mass is 550 g/mol. The first-order valence-corrected chi connectivity index (χ1v) is 13.7. The third-order valence-corrected chi connectivity index (χ3v) is 6.49. The van der Waals surface area contributed by atoms with Gasteiger partial charge in [-0.25, -0.2) is 4.98 Å². The molecular formula is C30H42N6O4. The predicted octanol–water partition coefficient (Wildman–Crippen LogP) is 5.34. The first-order chi connectivity index (χ1) is 19.2. The highest BCUT2D eigenvalue weighted by atomic mass is 16.6. The molecule has 40 heavy (non-hydrogen) atoms. The van der Waals surface area contributed by atoms with Gasteiger partial charge in [-0.05, 0) is 63.8 Å². The van der Waals surface area contributed by atoms with Crippen molar-refractivity contribution in [3.05, 3.63) is 59.8 Å². The summed E-state index contributed by atoms with van der Waals surface area (Å²) in [5.74, 6) is 1.22. The van der Waals surface area contributed by atoms with Gasteiger partial charge in [0.05, 0.1) is 29.7 Å². The lowest BCUT2D eigenvalue weighted by Crippen LogP contribution is -2.20. The van der Waals surface area contributed by atoms with Crippen LogP contribution in [0.15, 0.2) is 47.1 Å². The molecule has 0 spiro atoms. The second-order valence-corrected chi connectivity index (χ2v) is 10.0. The molecule has 1 atom stereocenters. The number of methoxy groups -OCH3 is 1. The fourth-order valence-electron chi connectivity index (χ4n) is 3.87. The summed E-state index contributed by atoms with van der Waals surface area (Å²) in [6, 6.07) is 9.89. The van der Waals surface area contributed by atoms with Crippen LogP contribution >= 0.6 is 0 Å². The lowest BCUT2D eigenvalue weighted by molar-refractivity contribution is -0.155. The summed E-state index contributed by atoms with van der Waals surface area (Å²) in [4.78, 5) is 18.3. The van der Waals surface area contributed by atoms with Crippen LogP contribution in [0, 0.1) is 12.8 Å². The number of nitrogens with one attached hydrogen (secondary N) is 2. The second-order valence-electron chi connectivity index (χ2n) is 10.0. The van der Waals surface area contributed by atoms with Crippen molar-refractivity contribution in [3.8, 4) is 11.3 Å². The lowest BCUT2D eigenvalue weighted by Gasteiger charge is -2.16. The number of furan rings is 1. The zero-order chi connectivity index (χ0) is 29.1. The summed E-state index contributed by atoms with van der Waals surface area (Å²) in [7, 11) is 1.46. The molecular weight excluding hydrogens is 508 g/mol. The molecule has 0 amide bonds. The molecule has 4 heterocycles. The summed E-state index contributed by atoms with van der Waals surface area (Å²) in [6.07, 6.45) is 6.18. The number of rotatable bonds is 12. The number of hydrogen-bond donors (Lipinski definition) is 4. The van der Waals surface area contributed by atoms with Gasteiger partial charge in [-0.15, -0.1) is 0 Å². The van der Waals surface area contributed by atoms with Crippen molar-refractivity contribution in [2.75, 3.05) is 30.9 Å². The number of fused-ring (bicyclic) bond motifs is 1. The number of ether oxygens (including phenoxy) is 1. The van der Waals surface area contributed by atoms with Crippen LogP contribution < -0.4 is 10.6 Å². The summed E-state index contributed by atoms with van der Waals surface area (Å²) in [5, 5.41) is 25.9. The molecule has 4 N–H and O–H groups in total. The summed E-state index contributed by atoms with van der Waals surface area (Å²) < 4.78 is 10.7. The lowest BCUT2D eigenvalue weighted by atomic mass is 10.0. The van der Waals surface area contributed by atoms with Gasteiger partial charge in [0, 0.05) is 37.5 Å². The van der Waals surface area contributed by atoms with Crippen LogP contribution in [0.3, 0.4) is 0 Å². The average Bonchev–Trinajstić information content (AvgIpc) is 3.37. The van der Waals surface area contributed by atoms with Crippen LogP contribution in [0.5, 0.6) is 0 Å². The molecule has 4 aromatic rings. The Kier molecular flexibility index (Phi) is 11.4. The van der Waals surface area contributed by atoms with Gasteiger partial charge in [0.1, 0.15) is 11.6 Å². The van der Waals surface area contributed by atoms with Gasteiger partial charge in [-0.3, -0.25) is 9.97 Å². The zero-order valence-corrected chi connectivity index (χ0v) is 24.4. The molecule has 0 saturated carbocycles. The first-order valence-electron chi connectivity index (χ1n) is 13.7. The first kappa shape index (κ1) is 30.9. The van der Waals surface area contributed by atoms with E-state index in [-0.39, 0.29) is 12.5 Å². The van der Waals surface area contributed by atoms with Gasteiger partial charge >= 0.3 is 0 Å². The van der Waals surface area contributed by atoms with Gasteiger partial charge < -0.3 is 30.0 Å². The second kappa shape index (κ2) is 14.7. The highest BCUT2D eigenvalue weighted by Crippen LogP contribution is 2.34. The molecule has 10 heteroatoms. The molecule has 1 unspecified atom stereocenters. The summed E-state index contributed by atoms with van der Waals surface area (Å²) in [6.45, 7) is 10.7. The van der Waals surface area contributed by atoms with Crippen molar-refractivity contribution >= 4 is 22.7 Å². The van der Waals surface area contributed by atoms with Crippen molar-refractivity contribution in [3.63, 3.8) is 0 Å². The fraction of sp³-hybridized carbons (Fsp3) is 0.467. The highest BCUT2D eigenvalue weighted by Gasteiger charge is 2.19. The smallest absolute Gasteiger partial charge is 0.225 e. The highest BCUT2D eigenvalue weighted by molar-refractivity contribution is 5.86. The zero-order valence-electron chi connectivity index (χ0n) is 24.4. The van der Waals surface area contributed by atoms with Gasteiger partial charge in [0.25, 0.3) is 0 Å². The molecule has 4 rings (SSSR count). The van der Waals surface area contributed by atoms with E-state index in [1.165, 1.54) is 7.11 Å². The van der Waals surface area contributed by atoms with E-state index >= 15 is 0 Å². The van der Waals surface area contributed by atoms with E-state index in [0.717, 1.165) is 52.9 Å². The molecule has 0 aliphatic heterocycles. The quantitative estimate of drug-likeness (QED) is 0.171. The average molecular weight is 551 g/mol. The number of nitrogens with zero attached hydrogens (tertiary/aromatic N) is 4. The van der Waals surface area contributed by atoms with E-state index in [1.54, 1.807) is 26.2 Å². The van der Waals surface area contributed by atoms with Crippen LogP contribution in [-0.2, 0) is 17.7 Å². The Bertz CT molecular complexity index is 1330. The maximum Gasteiger partial charge on any atom is 0.225 e. The van der Waals surface area contributed by atoms with Crippen molar-refractivity contribution in [2.24, 2.45) is 5.92 Å². The minimum atomic E-state index is -0.958. The SMILES string of the molecule is CCc1cc2cc(-c3c(C)nc(NCc4ccccn4)nc3NCCC(CC)CO)oc2cn1.COC(C)(C)O. The van der Waals surface area contributed by atoms with Gasteiger partial charge in [-0.1, -0.05) is 26.3 Å². The van der Waals surface area contributed by atoms with Crippen molar-refractivity contribution in [1.82, 2.24) is 19.9 Å². The molecule has 0 aromatic carbocycles. The number of aliphatic hydroxyl groups excluding tert-OH is 1. The molecule has 0 saturated heterocycles. The predicted molar refractivity (Wildman–Crippen MR) is 158 cm³/mol. The molecule has 0 bridgehead atoms. The Balaban J connectivity index is 0.000000663. The Morgan fingerprint density at radius 3 is 2.48 bits per heavy atom. The Labute approximate surface area is 236 Å². The number of hydrogen-bond acceptors (Lipinski definition) is 10. The normalized spacial score (nSPS) is 12.1. The van der Waals surface area contributed by atoms with Crippen LogP contribution in [-0.4, -0.2) is 56.2 Å². The van der Waals surface area contributed by atoms with Crippen molar-refractivity contribution < 1.29 is 19.4 Å². The van der Waals surface area contributed by atoms with E-state index in [9.17, 15) is 5.11 Å². The molecule has 4 aromatic heterocycles. The number of pyridine rings is 2. The summed E-state index contributed by atoms with van der Waals surface area (Å²) in [5.41, 5.74) is 4.30. The maximum atomic E-state index is 9.56. The van der Waals surface area contributed by atoms with Gasteiger partial charge in [0.15, 0.2) is 11.4 Å². The number of aryl methyl sites for hydroxylation is 2. The minimum absolute atomic E-state index is 0.182. The molecule has 216 valence electrons. The van der Waals surface area contributed by atoms with E-state index in [2.05, 4.69) is 45.3 Å². The molecule has 0 radical (unpaired) electrons.